The van der Waals surface area contributed by atoms with Crippen molar-refractivity contribution in [3.05, 3.63) is 10.4 Å². The Morgan fingerprint density at radius 2 is 1.78 bits per heavy atom. The van der Waals surface area contributed by atoms with E-state index < -0.39 is 34.0 Å². The number of hydrogen-bond donors (Lipinski definition) is 1. The molecule has 10 nitrogen and oxygen atoms in total. The van der Waals surface area contributed by atoms with Crippen molar-refractivity contribution in [3.63, 3.8) is 0 Å². The molecular weight excluding hydrogens is 268 g/mol. The molecule has 11 heteroatoms. The summed E-state index contributed by atoms with van der Waals surface area (Å²) in [4.78, 5) is 25.1. The third-order valence-corrected chi connectivity index (χ3v) is 2.41. The Labute approximate surface area is 103 Å². The van der Waals surface area contributed by atoms with Crippen LogP contribution in [0.1, 0.15) is 0 Å². The molecule has 0 aromatic carbocycles. The van der Waals surface area contributed by atoms with Gasteiger partial charge in [0.25, 0.3) is 0 Å². The molecule has 0 aliphatic rings. The van der Waals surface area contributed by atoms with Crippen molar-refractivity contribution in [1.29, 1.82) is 0 Å². The van der Waals surface area contributed by atoms with Gasteiger partial charge in [-0.3, -0.25) is 9.59 Å². The first-order valence-corrected chi connectivity index (χ1v) is 6.33. The van der Waals surface area contributed by atoms with Gasteiger partial charge < -0.3 is 9.47 Å². The van der Waals surface area contributed by atoms with Crippen molar-refractivity contribution in [2.75, 3.05) is 20.5 Å². The number of azide groups is 1. The summed E-state index contributed by atoms with van der Waals surface area (Å²) in [5.74, 6) is -2.15. The standard InChI is InChI=1S/C7H12N4O6S/c1-16-6(12)4(9-11-8)5(7(13)17-2)10-18(3,14)15/h4-5,10H,1-3H3/t4-,5+/m0/s1. The van der Waals surface area contributed by atoms with Crippen LogP contribution < -0.4 is 4.72 Å². The molecule has 0 amide bonds. The number of esters is 2. The molecule has 18 heavy (non-hydrogen) atoms. The zero-order valence-electron chi connectivity index (χ0n) is 9.85. The first-order chi connectivity index (χ1) is 8.26. The molecule has 0 aromatic heterocycles. The molecule has 0 saturated heterocycles. The maximum atomic E-state index is 11.4. The number of nitrogens with zero attached hydrogens (tertiary/aromatic N) is 3. The fourth-order valence-corrected chi connectivity index (χ4v) is 1.71. The fraction of sp³-hybridized carbons (Fsp3) is 0.714. The lowest BCUT2D eigenvalue weighted by Crippen LogP contribution is -2.51. The van der Waals surface area contributed by atoms with Gasteiger partial charge in [-0.2, -0.15) is 0 Å². The Bertz CT molecular complexity index is 468. The van der Waals surface area contributed by atoms with E-state index >= 15 is 0 Å². The highest BCUT2D eigenvalue weighted by Gasteiger charge is 2.36. The Balaban J connectivity index is 5.43. The molecule has 0 saturated carbocycles. The lowest BCUT2D eigenvalue weighted by Gasteiger charge is -2.19. The second kappa shape index (κ2) is 6.79. The Morgan fingerprint density at radius 3 is 2.11 bits per heavy atom. The van der Waals surface area contributed by atoms with Crippen LogP contribution in [0.25, 0.3) is 10.4 Å². The largest absolute Gasteiger partial charge is 0.469 e. The summed E-state index contributed by atoms with van der Waals surface area (Å²) in [7, 11) is -1.84. The van der Waals surface area contributed by atoms with Crippen LogP contribution in [0.15, 0.2) is 5.11 Å². The highest BCUT2D eigenvalue weighted by molar-refractivity contribution is 7.88. The predicted molar refractivity (Wildman–Crippen MR) is 58.7 cm³/mol. The van der Waals surface area contributed by atoms with Gasteiger partial charge in [0.05, 0.1) is 20.5 Å². The summed E-state index contributed by atoms with van der Waals surface area (Å²) in [6.45, 7) is 0. The quantitative estimate of drug-likeness (QED) is 0.283. The summed E-state index contributed by atoms with van der Waals surface area (Å²) in [5.41, 5.74) is 8.30. The number of rotatable bonds is 6. The topological polar surface area (TPSA) is 148 Å². The highest BCUT2D eigenvalue weighted by atomic mass is 32.2. The van der Waals surface area contributed by atoms with E-state index in [2.05, 4.69) is 19.5 Å². The van der Waals surface area contributed by atoms with Crippen molar-refractivity contribution in [1.82, 2.24) is 4.72 Å². The lowest BCUT2D eigenvalue weighted by molar-refractivity contribution is -0.150. The van der Waals surface area contributed by atoms with Crippen LogP contribution in [0.5, 0.6) is 0 Å². The second-order valence-electron chi connectivity index (χ2n) is 3.06. The zero-order valence-corrected chi connectivity index (χ0v) is 10.7. The average Bonchev–Trinajstić information content (AvgIpc) is 2.30. The normalized spacial score (nSPS) is 13.9. The van der Waals surface area contributed by atoms with E-state index in [0.29, 0.717) is 0 Å². The molecule has 0 radical (unpaired) electrons. The van der Waals surface area contributed by atoms with Gasteiger partial charge in [0.2, 0.25) is 10.0 Å². The van der Waals surface area contributed by atoms with Gasteiger partial charge >= 0.3 is 11.9 Å². The number of hydrogen-bond acceptors (Lipinski definition) is 7. The second-order valence-corrected chi connectivity index (χ2v) is 4.84. The van der Waals surface area contributed by atoms with Gasteiger partial charge in [0.1, 0.15) is 6.04 Å². The zero-order chi connectivity index (χ0) is 14.3. The van der Waals surface area contributed by atoms with Crippen LogP contribution in [0, 0.1) is 0 Å². The van der Waals surface area contributed by atoms with E-state index in [9.17, 15) is 18.0 Å². The summed E-state index contributed by atoms with van der Waals surface area (Å²) in [6, 6.07) is -3.38. The van der Waals surface area contributed by atoms with Gasteiger partial charge in [-0.05, 0) is 5.53 Å². The van der Waals surface area contributed by atoms with Crippen LogP contribution >= 0.6 is 0 Å². The molecule has 0 aliphatic heterocycles. The number of methoxy groups -OCH3 is 2. The SMILES string of the molecule is COC(=O)[C@@H](N=[N+]=[N-])[C@@H](NS(C)(=O)=O)C(=O)OC. The van der Waals surface area contributed by atoms with Gasteiger partial charge in [0, 0.05) is 4.91 Å². The summed E-state index contributed by atoms with van der Waals surface area (Å²) < 4.78 is 32.6. The predicted octanol–water partition coefficient (Wildman–Crippen LogP) is -1.07. The molecule has 1 N–H and O–H groups in total. The Kier molecular flexibility index (Phi) is 6.09. The number of ether oxygens (including phenoxy) is 2. The molecule has 2 atom stereocenters. The monoisotopic (exact) mass is 280 g/mol. The minimum absolute atomic E-state index is 0.771. The third-order valence-electron chi connectivity index (χ3n) is 1.73. The van der Waals surface area contributed by atoms with Crippen molar-refractivity contribution in [3.8, 4) is 0 Å². The molecular formula is C7H12N4O6S. The van der Waals surface area contributed by atoms with Crippen molar-refractivity contribution < 1.29 is 27.5 Å². The van der Waals surface area contributed by atoms with Gasteiger partial charge in [-0.25, -0.2) is 13.1 Å². The maximum Gasteiger partial charge on any atom is 0.324 e. The van der Waals surface area contributed by atoms with Crippen LogP contribution in [0.2, 0.25) is 0 Å². The first kappa shape index (κ1) is 16.2. The number of carbonyl (C=O) groups is 2. The molecule has 102 valence electrons. The molecule has 0 fully saturated rings. The minimum atomic E-state index is -3.83. The van der Waals surface area contributed by atoms with E-state index in [1.807, 2.05) is 4.72 Å². The van der Waals surface area contributed by atoms with Gasteiger partial charge in [-0.1, -0.05) is 5.11 Å². The van der Waals surface area contributed by atoms with Crippen LogP contribution in [0.4, 0.5) is 0 Å². The van der Waals surface area contributed by atoms with Crippen LogP contribution in [0.3, 0.4) is 0 Å². The van der Waals surface area contributed by atoms with E-state index in [1.54, 1.807) is 0 Å². The molecule has 0 aliphatic carbocycles. The number of carbonyl (C=O) groups excluding carboxylic acids is 2. The molecule has 0 rings (SSSR count). The van der Waals surface area contributed by atoms with Crippen molar-refractivity contribution in [2.24, 2.45) is 5.11 Å². The van der Waals surface area contributed by atoms with E-state index in [0.717, 1.165) is 20.5 Å². The highest BCUT2D eigenvalue weighted by Crippen LogP contribution is 2.06. The maximum absolute atomic E-state index is 11.4. The molecule has 0 spiro atoms. The van der Waals surface area contributed by atoms with E-state index in [-0.39, 0.29) is 0 Å². The Morgan fingerprint density at radius 1 is 1.28 bits per heavy atom. The molecule has 0 bridgehead atoms. The lowest BCUT2D eigenvalue weighted by atomic mass is 10.1. The summed E-state index contributed by atoms with van der Waals surface area (Å²) >= 11 is 0. The number of nitrogens with one attached hydrogen (secondary N) is 1. The Hall–Kier alpha value is -1.84. The van der Waals surface area contributed by atoms with E-state index in [1.165, 1.54) is 0 Å². The minimum Gasteiger partial charge on any atom is -0.469 e. The molecule has 0 unspecified atom stereocenters. The van der Waals surface area contributed by atoms with Gasteiger partial charge in [0.15, 0.2) is 6.04 Å². The molecule has 0 heterocycles. The average molecular weight is 280 g/mol. The van der Waals surface area contributed by atoms with Gasteiger partial charge in [-0.15, -0.1) is 0 Å². The van der Waals surface area contributed by atoms with Crippen molar-refractivity contribution >= 4 is 22.0 Å². The van der Waals surface area contributed by atoms with E-state index in [4.69, 9.17) is 5.53 Å². The van der Waals surface area contributed by atoms with Crippen LogP contribution in [-0.4, -0.2) is 52.9 Å². The molecule has 0 aromatic rings. The van der Waals surface area contributed by atoms with Crippen molar-refractivity contribution in [2.45, 2.75) is 12.1 Å². The smallest absolute Gasteiger partial charge is 0.324 e. The number of sulfonamides is 1. The summed E-state index contributed by atoms with van der Waals surface area (Å²) in [5, 5.41) is 3.03. The third kappa shape index (κ3) is 4.99. The fourth-order valence-electron chi connectivity index (χ4n) is 1.03. The van der Waals surface area contributed by atoms with Crippen LogP contribution in [-0.2, 0) is 29.1 Å². The summed E-state index contributed by atoms with van der Waals surface area (Å²) in [6.07, 6.45) is 0.771. The first-order valence-electron chi connectivity index (χ1n) is 4.44.